The van der Waals surface area contributed by atoms with Gasteiger partial charge in [0.15, 0.2) is 6.10 Å². The van der Waals surface area contributed by atoms with E-state index in [1.54, 1.807) is 30.0 Å². The van der Waals surface area contributed by atoms with Crippen LogP contribution in [0.5, 0.6) is 5.75 Å². The van der Waals surface area contributed by atoms with Crippen molar-refractivity contribution in [3.63, 3.8) is 0 Å². The minimum absolute atomic E-state index is 0.119. The molecule has 0 saturated carbocycles. The van der Waals surface area contributed by atoms with Gasteiger partial charge in [-0.15, -0.1) is 0 Å². The summed E-state index contributed by atoms with van der Waals surface area (Å²) in [6.07, 6.45) is -0.752. The topological polar surface area (TPSA) is 81.0 Å². The molecule has 2 heterocycles. The van der Waals surface area contributed by atoms with Gasteiger partial charge in [-0.3, -0.25) is 9.59 Å². The van der Waals surface area contributed by atoms with Gasteiger partial charge in [0.2, 0.25) is 5.76 Å². The number of hydrogen-bond donors (Lipinski definition) is 1. The number of hydrogen-bond acceptors (Lipinski definition) is 5. The smallest absolute Gasteiger partial charge is 0.291 e. The van der Waals surface area contributed by atoms with Gasteiger partial charge in [0.1, 0.15) is 17.0 Å². The Labute approximate surface area is 168 Å². The summed E-state index contributed by atoms with van der Waals surface area (Å²) in [6.45, 7) is 3.59. The Kier molecular flexibility index (Phi) is 5.48. The molecule has 1 saturated heterocycles. The molecule has 1 N–H and O–H groups in total. The minimum Gasteiger partial charge on any atom is -0.481 e. The Morgan fingerprint density at radius 3 is 2.48 bits per heavy atom. The average Bonchev–Trinajstić information content (AvgIpc) is 3.13. The van der Waals surface area contributed by atoms with Crippen molar-refractivity contribution < 1.29 is 23.5 Å². The van der Waals surface area contributed by atoms with Gasteiger partial charge in [0.25, 0.3) is 11.8 Å². The standard InChI is InChI=1S/C22H22N2O5/c1-15(28-16-7-3-2-4-8-16)21(25)23-19-17-9-5-6-10-18(17)29-20(19)22(26)24-11-13-27-14-12-24/h2-10,15H,11-14H2,1H3,(H,23,25). The van der Waals surface area contributed by atoms with E-state index in [4.69, 9.17) is 13.9 Å². The molecule has 0 bridgehead atoms. The second kappa shape index (κ2) is 8.36. The molecule has 7 nitrogen and oxygen atoms in total. The van der Waals surface area contributed by atoms with Gasteiger partial charge < -0.3 is 24.1 Å². The number of amides is 2. The first kappa shape index (κ1) is 19.0. The van der Waals surface area contributed by atoms with Crippen LogP contribution in [0.25, 0.3) is 11.0 Å². The van der Waals surface area contributed by atoms with Crippen molar-refractivity contribution in [2.75, 3.05) is 31.6 Å². The molecule has 0 spiro atoms. The lowest BCUT2D eigenvalue weighted by Gasteiger charge is -2.26. The average molecular weight is 394 g/mol. The summed E-state index contributed by atoms with van der Waals surface area (Å²) >= 11 is 0. The van der Waals surface area contributed by atoms with Crippen LogP contribution in [-0.4, -0.2) is 49.1 Å². The van der Waals surface area contributed by atoms with Crippen LogP contribution in [0, 0.1) is 0 Å². The van der Waals surface area contributed by atoms with Crippen molar-refractivity contribution in [2.24, 2.45) is 0 Å². The molecular weight excluding hydrogens is 372 g/mol. The van der Waals surface area contributed by atoms with Crippen molar-refractivity contribution in [1.82, 2.24) is 4.90 Å². The van der Waals surface area contributed by atoms with E-state index in [-0.39, 0.29) is 17.6 Å². The zero-order valence-electron chi connectivity index (χ0n) is 16.1. The van der Waals surface area contributed by atoms with Crippen LogP contribution in [0.15, 0.2) is 59.0 Å². The SMILES string of the molecule is CC(Oc1ccccc1)C(=O)Nc1c(C(=O)N2CCOCC2)oc2ccccc12. The van der Waals surface area contributed by atoms with Crippen molar-refractivity contribution in [3.8, 4) is 5.75 Å². The number of benzene rings is 2. The molecule has 7 heteroatoms. The van der Waals surface area contributed by atoms with Gasteiger partial charge >= 0.3 is 0 Å². The third-order valence-corrected chi connectivity index (χ3v) is 4.76. The van der Waals surface area contributed by atoms with E-state index in [1.165, 1.54) is 0 Å². The second-order valence-electron chi connectivity index (χ2n) is 6.77. The van der Waals surface area contributed by atoms with Crippen LogP contribution in [-0.2, 0) is 9.53 Å². The summed E-state index contributed by atoms with van der Waals surface area (Å²) in [5.74, 6) is 0.0815. The van der Waals surface area contributed by atoms with E-state index in [1.807, 2.05) is 36.4 Å². The van der Waals surface area contributed by atoms with Crippen LogP contribution in [0.1, 0.15) is 17.5 Å². The first-order chi connectivity index (χ1) is 14.1. The van der Waals surface area contributed by atoms with Gasteiger partial charge in [-0.25, -0.2) is 0 Å². The number of furan rings is 1. The lowest BCUT2D eigenvalue weighted by molar-refractivity contribution is -0.122. The first-order valence-electron chi connectivity index (χ1n) is 9.54. The third kappa shape index (κ3) is 4.09. The Morgan fingerprint density at radius 2 is 1.72 bits per heavy atom. The van der Waals surface area contributed by atoms with E-state index in [2.05, 4.69) is 5.32 Å². The number of carbonyl (C=O) groups is 2. The zero-order chi connectivity index (χ0) is 20.2. The summed E-state index contributed by atoms with van der Waals surface area (Å²) in [6, 6.07) is 16.3. The lowest BCUT2D eigenvalue weighted by Crippen LogP contribution is -2.41. The molecule has 1 aromatic heterocycles. The molecule has 1 aliphatic heterocycles. The second-order valence-corrected chi connectivity index (χ2v) is 6.77. The van der Waals surface area contributed by atoms with E-state index >= 15 is 0 Å². The molecule has 150 valence electrons. The number of nitrogens with one attached hydrogen (secondary N) is 1. The van der Waals surface area contributed by atoms with Crippen LogP contribution in [0.3, 0.4) is 0 Å². The van der Waals surface area contributed by atoms with Gasteiger partial charge in [-0.1, -0.05) is 30.3 Å². The van der Waals surface area contributed by atoms with Crippen LogP contribution >= 0.6 is 0 Å². The molecular formula is C22H22N2O5. The number of morpholine rings is 1. The molecule has 2 aromatic carbocycles. The highest BCUT2D eigenvalue weighted by Crippen LogP contribution is 2.32. The molecule has 0 aliphatic carbocycles. The Bertz CT molecular complexity index is 1010. The maximum absolute atomic E-state index is 13.0. The number of fused-ring (bicyclic) bond motifs is 1. The van der Waals surface area contributed by atoms with E-state index in [0.29, 0.717) is 48.7 Å². The fraction of sp³-hybridized carbons (Fsp3) is 0.273. The largest absolute Gasteiger partial charge is 0.481 e. The van der Waals surface area contributed by atoms with Crippen LogP contribution < -0.4 is 10.1 Å². The summed E-state index contributed by atoms with van der Waals surface area (Å²) in [5, 5.41) is 3.51. The Balaban J connectivity index is 1.60. The van der Waals surface area contributed by atoms with Crippen LogP contribution in [0.2, 0.25) is 0 Å². The van der Waals surface area contributed by atoms with Crippen molar-refractivity contribution in [2.45, 2.75) is 13.0 Å². The Morgan fingerprint density at radius 1 is 1.03 bits per heavy atom. The molecule has 29 heavy (non-hydrogen) atoms. The monoisotopic (exact) mass is 394 g/mol. The number of rotatable bonds is 5. The maximum Gasteiger partial charge on any atom is 0.291 e. The van der Waals surface area contributed by atoms with Gasteiger partial charge in [-0.2, -0.15) is 0 Å². The highest BCUT2D eigenvalue weighted by atomic mass is 16.5. The number of carbonyl (C=O) groups excluding carboxylic acids is 2. The van der Waals surface area contributed by atoms with Gasteiger partial charge in [-0.05, 0) is 31.2 Å². The third-order valence-electron chi connectivity index (χ3n) is 4.76. The molecule has 1 unspecified atom stereocenters. The number of nitrogens with zero attached hydrogens (tertiary/aromatic N) is 1. The van der Waals surface area contributed by atoms with Crippen molar-refractivity contribution in [3.05, 3.63) is 60.4 Å². The number of ether oxygens (including phenoxy) is 2. The summed E-state index contributed by atoms with van der Waals surface area (Å²) in [4.78, 5) is 27.5. The first-order valence-corrected chi connectivity index (χ1v) is 9.54. The molecule has 2 amide bonds. The lowest BCUT2D eigenvalue weighted by atomic mass is 10.2. The molecule has 3 aromatic rings. The summed E-state index contributed by atoms with van der Waals surface area (Å²) in [5.41, 5.74) is 0.904. The zero-order valence-corrected chi connectivity index (χ0v) is 16.1. The highest BCUT2D eigenvalue weighted by molar-refractivity contribution is 6.11. The molecule has 1 fully saturated rings. The Hall–Kier alpha value is -3.32. The molecule has 4 rings (SSSR count). The van der Waals surface area contributed by atoms with Crippen LogP contribution in [0.4, 0.5) is 5.69 Å². The van der Waals surface area contributed by atoms with Crippen molar-refractivity contribution in [1.29, 1.82) is 0 Å². The molecule has 1 atom stereocenters. The maximum atomic E-state index is 13.0. The predicted octanol–water partition coefficient (Wildman–Crippen LogP) is 3.31. The van der Waals surface area contributed by atoms with E-state index < -0.39 is 6.10 Å². The van der Waals surface area contributed by atoms with E-state index in [0.717, 1.165) is 0 Å². The van der Waals surface area contributed by atoms with Crippen molar-refractivity contribution >= 4 is 28.5 Å². The number of anilines is 1. The van der Waals surface area contributed by atoms with E-state index in [9.17, 15) is 9.59 Å². The normalized spacial score (nSPS) is 15.1. The minimum atomic E-state index is -0.752. The fourth-order valence-electron chi connectivity index (χ4n) is 3.21. The predicted molar refractivity (Wildman–Crippen MR) is 108 cm³/mol. The van der Waals surface area contributed by atoms with Gasteiger partial charge in [0.05, 0.1) is 13.2 Å². The number of para-hydroxylation sites is 2. The molecule has 0 radical (unpaired) electrons. The highest BCUT2D eigenvalue weighted by Gasteiger charge is 2.28. The fourth-order valence-corrected chi connectivity index (χ4v) is 3.21. The quantitative estimate of drug-likeness (QED) is 0.718. The van der Waals surface area contributed by atoms with Gasteiger partial charge in [0, 0.05) is 18.5 Å². The molecule has 1 aliphatic rings. The summed E-state index contributed by atoms with van der Waals surface area (Å²) in [7, 11) is 0. The summed E-state index contributed by atoms with van der Waals surface area (Å²) < 4.78 is 16.8.